The number of rotatable bonds is 8. The van der Waals surface area contributed by atoms with E-state index in [9.17, 15) is 9.18 Å². The number of hydrogen-bond acceptors (Lipinski definition) is 2. The molecule has 0 spiro atoms. The van der Waals surface area contributed by atoms with Crippen LogP contribution in [-0.2, 0) is 11.2 Å². The molecule has 1 rings (SSSR count). The molecule has 0 atom stereocenters. The predicted octanol–water partition coefficient (Wildman–Crippen LogP) is 1.45. The average molecular weight is 308 g/mol. The van der Waals surface area contributed by atoms with Crippen molar-refractivity contribution in [2.75, 3.05) is 26.2 Å². The van der Waals surface area contributed by atoms with Gasteiger partial charge in [0.05, 0.1) is 6.42 Å². The van der Waals surface area contributed by atoms with E-state index in [1.807, 2.05) is 6.92 Å². The molecule has 0 aromatic heterocycles. The molecule has 0 radical (unpaired) electrons. The maximum Gasteiger partial charge on any atom is 0.224 e. The van der Waals surface area contributed by atoms with Gasteiger partial charge in [0.15, 0.2) is 5.96 Å². The number of halogens is 1. The molecule has 0 heterocycles. The van der Waals surface area contributed by atoms with Gasteiger partial charge >= 0.3 is 0 Å². The highest BCUT2D eigenvalue weighted by Crippen LogP contribution is 2.03. The Hall–Kier alpha value is -2.11. The lowest BCUT2D eigenvalue weighted by Gasteiger charge is -2.11. The Balaban J connectivity index is 2.26. The molecule has 1 amide bonds. The Morgan fingerprint density at radius 3 is 2.64 bits per heavy atom. The van der Waals surface area contributed by atoms with E-state index in [2.05, 4.69) is 27.9 Å². The van der Waals surface area contributed by atoms with E-state index in [-0.39, 0.29) is 18.1 Å². The smallest absolute Gasteiger partial charge is 0.224 e. The number of benzene rings is 1. The molecule has 0 aliphatic carbocycles. The molecule has 0 unspecified atom stereocenters. The number of guanidine groups is 1. The summed E-state index contributed by atoms with van der Waals surface area (Å²) in [4.78, 5) is 16.1. The summed E-state index contributed by atoms with van der Waals surface area (Å²) < 4.78 is 13.0. The third-order valence-electron chi connectivity index (χ3n) is 2.83. The number of aliphatic imine (C=N–C) groups is 1. The summed E-state index contributed by atoms with van der Waals surface area (Å²) in [7, 11) is 0. The molecule has 0 bridgehead atoms. The predicted molar refractivity (Wildman–Crippen MR) is 87.4 cm³/mol. The van der Waals surface area contributed by atoms with Gasteiger partial charge in [-0.3, -0.25) is 9.79 Å². The van der Waals surface area contributed by atoms with Gasteiger partial charge in [-0.05, 0) is 31.0 Å². The zero-order chi connectivity index (χ0) is 16.2. The molecule has 0 fully saturated rings. The molecule has 1 aromatic rings. The van der Waals surface area contributed by atoms with Crippen LogP contribution in [0.2, 0.25) is 0 Å². The van der Waals surface area contributed by atoms with E-state index in [4.69, 9.17) is 0 Å². The van der Waals surface area contributed by atoms with Gasteiger partial charge in [0, 0.05) is 26.2 Å². The fourth-order valence-electron chi connectivity index (χ4n) is 1.84. The zero-order valence-corrected chi connectivity index (χ0v) is 13.3. The average Bonchev–Trinajstić information content (AvgIpc) is 2.49. The highest BCUT2D eigenvalue weighted by molar-refractivity contribution is 5.80. The van der Waals surface area contributed by atoms with Crippen molar-refractivity contribution in [3.8, 4) is 0 Å². The minimum absolute atomic E-state index is 0.122. The van der Waals surface area contributed by atoms with Crippen molar-refractivity contribution in [2.24, 2.45) is 4.99 Å². The van der Waals surface area contributed by atoms with Crippen LogP contribution in [0.15, 0.2) is 29.3 Å². The number of nitrogens with zero attached hydrogens (tertiary/aromatic N) is 1. The SMILES string of the molecule is CCCN=C(NCC)NCCNC(=O)Cc1cccc(F)c1. The van der Waals surface area contributed by atoms with Crippen molar-refractivity contribution in [1.82, 2.24) is 16.0 Å². The monoisotopic (exact) mass is 308 g/mol. The van der Waals surface area contributed by atoms with Gasteiger partial charge in [-0.15, -0.1) is 0 Å². The Bertz CT molecular complexity index is 491. The topological polar surface area (TPSA) is 65.5 Å². The Kier molecular flexibility index (Phi) is 8.64. The molecular formula is C16H25FN4O. The molecule has 0 aliphatic rings. The highest BCUT2D eigenvalue weighted by atomic mass is 19.1. The minimum atomic E-state index is -0.325. The van der Waals surface area contributed by atoms with E-state index >= 15 is 0 Å². The quantitative estimate of drug-likeness (QED) is 0.387. The van der Waals surface area contributed by atoms with Gasteiger partial charge < -0.3 is 16.0 Å². The lowest BCUT2D eigenvalue weighted by molar-refractivity contribution is -0.120. The van der Waals surface area contributed by atoms with Crippen LogP contribution >= 0.6 is 0 Å². The van der Waals surface area contributed by atoms with Gasteiger partial charge in [-0.2, -0.15) is 0 Å². The first-order valence-electron chi connectivity index (χ1n) is 7.69. The maximum absolute atomic E-state index is 13.0. The fraction of sp³-hybridized carbons (Fsp3) is 0.500. The zero-order valence-electron chi connectivity index (χ0n) is 13.3. The highest BCUT2D eigenvalue weighted by Gasteiger charge is 2.04. The van der Waals surface area contributed by atoms with E-state index in [1.54, 1.807) is 12.1 Å². The van der Waals surface area contributed by atoms with Crippen LogP contribution in [0.4, 0.5) is 4.39 Å². The number of nitrogens with one attached hydrogen (secondary N) is 3. The number of amides is 1. The van der Waals surface area contributed by atoms with Gasteiger partial charge in [0.25, 0.3) is 0 Å². The van der Waals surface area contributed by atoms with Crippen molar-refractivity contribution in [2.45, 2.75) is 26.7 Å². The summed E-state index contributed by atoms with van der Waals surface area (Å²) in [5.41, 5.74) is 0.670. The summed E-state index contributed by atoms with van der Waals surface area (Å²) >= 11 is 0. The van der Waals surface area contributed by atoms with Gasteiger partial charge in [0.2, 0.25) is 5.91 Å². The van der Waals surface area contributed by atoms with Crippen LogP contribution in [0, 0.1) is 5.82 Å². The summed E-state index contributed by atoms with van der Waals surface area (Å²) in [6, 6.07) is 6.08. The van der Waals surface area contributed by atoms with E-state index in [1.165, 1.54) is 12.1 Å². The minimum Gasteiger partial charge on any atom is -0.357 e. The maximum atomic E-state index is 13.0. The summed E-state index contributed by atoms with van der Waals surface area (Å²) in [5.74, 6) is 0.306. The summed E-state index contributed by atoms with van der Waals surface area (Å²) in [6.07, 6.45) is 1.17. The van der Waals surface area contributed by atoms with Crippen molar-refractivity contribution < 1.29 is 9.18 Å². The first-order valence-corrected chi connectivity index (χ1v) is 7.69. The third-order valence-corrected chi connectivity index (χ3v) is 2.83. The first kappa shape index (κ1) is 17.9. The van der Waals surface area contributed by atoms with Crippen molar-refractivity contribution >= 4 is 11.9 Å². The molecule has 1 aromatic carbocycles. The first-order chi connectivity index (χ1) is 10.7. The molecule has 0 aliphatic heterocycles. The Morgan fingerprint density at radius 1 is 1.18 bits per heavy atom. The lowest BCUT2D eigenvalue weighted by Crippen LogP contribution is -2.41. The Morgan fingerprint density at radius 2 is 1.95 bits per heavy atom. The van der Waals surface area contributed by atoms with E-state index < -0.39 is 0 Å². The van der Waals surface area contributed by atoms with Crippen LogP contribution in [0.1, 0.15) is 25.8 Å². The van der Waals surface area contributed by atoms with Gasteiger partial charge in [-0.25, -0.2) is 4.39 Å². The summed E-state index contributed by atoms with van der Waals surface area (Å²) in [6.45, 7) is 6.71. The lowest BCUT2D eigenvalue weighted by atomic mass is 10.1. The number of carbonyl (C=O) groups is 1. The molecule has 0 saturated carbocycles. The van der Waals surface area contributed by atoms with Crippen LogP contribution in [0.3, 0.4) is 0 Å². The number of hydrogen-bond donors (Lipinski definition) is 3. The van der Waals surface area contributed by atoms with Crippen molar-refractivity contribution in [1.29, 1.82) is 0 Å². The fourth-order valence-corrected chi connectivity index (χ4v) is 1.84. The van der Waals surface area contributed by atoms with E-state index in [0.29, 0.717) is 18.7 Å². The van der Waals surface area contributed by atoms with Crippen LogP contribution in [0.25, 0.3) is 0 Å². The van der Waals surface area contributed by atoms with Gasteiger partial charge in [-0.1, -0.05) is 19.1 Å². The second-order valence-electron chi connectivity index (χ2n) is 4.84. The molecule has 122 valence electrons. The Labute approximate surface area is 131 Å². The van der Waals surface area contributed by atoms with Crippen LogP contribution in [0.5, 0.6) is 0 Å². The standard InChI is InChI=1S/C16H25FN4O/c1-3-8-20-16(18-4-2)21-10-9-19-15(22)12-13-6-5-7-14(17)11-13/h5-7,11H,3-4,8-10,12H2,1-2H3,(H,19,22)(H2,18,20,21). The molecule has 22 heavy (non-hydrogen) atoms. The summed E-state index contributed by atoms with van der Waals surface area (Å²) in [5, 5.41) is 9.08. The van der Waals surface area contributed by atoms with Crippen molar-refractivity contribution in [3.63, 3.8) is 0 Å². The second-order valence-corrected chi connectivity index (χ2v) is 4.84. The van der Waals surface area contributed by atoms with E-state index in [0.717, 1.165) is 25.5 Å². The molecule has 6 heteroatoms. The molecule has 5 nitrogen and oxygen atoms in total. The van der Waals surface area contributed by atoms with Crippen LogP contribution in [-0.4, -0.2) is 38.0 Å². The number of carbonyl (C=O) groups excluding carboxylic acids is 1. The molecule has 3 N–H and O–H groups in total. The largest absolute Gasteiger partial charge is 0.357 e. The molecule has 0 saturated heterocycles. The van der Waals surface area contributed by atoms with Crippen molar-refractivity contribution in [3.05, 3.63) is 35.6 Å². The third kappa shape index (κ3) is 7.61. The second kappa shape index (κ2) is 10.6. The normalized spacial score (nSPS) is 11.1. The van der Waals surface area contributed by atoms with Crippen LogP contribution < -0.4 is 16.0 Å². The molecular weight excluding hydrogens is 283 g/mol. The van der Waals surface area contributed by atoms with Gasteiger partial charge in [0.1, 0.15) is 5.82 Å².